The Bertz CT molecular complexity index is 726. The third kappa shape index (κ3) is 2.20. The number of imide groups is 1. The second kappa shape index (κ2) is 5.47. The molecule has 3 aliphatic carbocycles. The average Bonchev–Trinajstić information content (AvgIpc) is 3.10. The molecule has 1 aliphatic heterocycles. The van der Waals surface area contributed by atoms with Gasteiger partial charge in [-0.15, -0.1) is 10.2 Å². The van der Waals surface area contributed by atoms with Crippen molar-refractivity contribution < 1.29 is 14.4 Å². The standard InChI is InChI=1S/C16H18N4O3S/c1-7(13(21)17-16-19-18-8(2)24-16)20-14(22)11-9-3-4-10(6-5-9)12(11)15(20)23/h3-4,7,9-12H,5-6H2,1-2H3,(H,17,19,21)/t7-,9+,10+,11-,12+/m1/s1. The number of rotatable bonds is 3. The minimum Gasteiger partial charge on any atom is -0.299 e. The van der Waals surface area contributed by atoms with Crippen LogP contribution in [-0.4, -0.2) is 38.9 Å². The fraction of sp³-hybridized carbons (Fsp3) is 0.562. The number of anilines is 1. The van der Waals surface area contributed by atoms with Crippen LogP contribution in [0.1, 0.15) is 24.8 Å². The number of nitrogens with one attached hydrogen (secondary N) is 1. The molecule has 0 radical (unpaired) electrons. The van der Waals surface area contributed by atoms with Crippen LogP contribution in [0.4, 0.5) is 5.13 Å². The van der Waals surface area contributed by atoms with E-state index < -0.39 is 11.9 Å². The molecule has 0 unspecified atom stereocenters. The maximum Gasteiger partial charge on any atom is 0.249 e. The summed E-state index contributed by atoms with van der Waals surface area (Å²) in [6.45, 7) is 3.38. The van der Waals surface area contributed by atoms with Crippen molar-refractivity contribution in [1.29, 1.82) is 0 Å². The van der Waals surface area contributed by atoms with Gasteiger partial charge in [-0.3, -0.25) is 24.6 Å². The Morgan fingerprint density at radius 3 is 2.25 bits per heavy atom. The Morgan fingerprint density at radius 1 is 1.21 bits per heavy atom. The molecule has 1 saturated heterocycles. The van der Waals surface area contributed by atoms with Gasteiger partial charge in [-0.05, 0) is 38.5 Å². The molecular formula is C16H18N4O3S. The molecule has 2 fully saturated rings. The Hall–Kier alpha value is -2.09. The molecule has 1 N–H and O–H groups in total. The quantitative estimate of drug-likeness (QED) is 0.659. The number of aryl methyl sites for hydroxylation is 1. The number of carbonyl (C=O) groups is 3. The fourth-order valence-corrected chi connectivity index (χ4v) is 4.75. The summed E-state index contributed by atoms with van der Waals surface area (Å²) in [6.07, 6.45) is 6.02. The zero-order valence-electron chi connectivity index (χ0n) is 13.4. The molecule has 1 saturated carbocycles. The molecule has 8 heteroatoms. The lowest BCUT2D eigenvalue weighted by Gasteiger charge is -2.38. The van der Waals surface area contributed by atoms with Crippen molar-refractivity contribution in [2.45, 2.75) is 32.7 Å². The van der Waals surface area contributed by atoms with E-state index in [1.165, 1.54) is 11.3 Å². The van der Waals surface area contributed by atoms with E-state index in [4.69, 9.17) is 0 Å². The minimum absolute atomic E-state index is 0.127. The Labute approximate surface area is 143 Å². The Balaban J connectivity index is 1.54. The summed E-state index contributed by atoms with van der Waals surface area (Å²) in [5, 5.41) is 11.4. The van der Waals surface area contributed by atoms with Crippen LogP contribution in [0.15, 0.2) is 12.2 Å². The van der Waals surface area contributed by atoms with E-state index >= 15 is 0 Å². The van der Waals surface area contributed by atoms with Crippen LogP contribution in [0.5, 0.6) is 0 Å². The van der Waals surface area contributed by atoms with Crippen molar-refractivity contribution >= 4 is 34.2 Å². The van der Waals surface area contributed by atoms with Crippen molar-refractivity contribution in [3.63, 3.8) is 0 Å². The van der Waals surface area contributed by atoms with Gasteiger partial charge in [0.1, 0.15) is 11.0 Å². The molecule has 1 aromatic rings. The van der Waals surface area contributed by atoms with Crippen LogP contribution in [0, 0.1) is 30.6 Å². The first kappa shape index (κ1) is 15.4. The minimum atomic E-state index is -0.848. The van der Waals surface area contributed by atoms with Gasteiger partial charge in [-0.25, -0.2) is 0 Å². The first-order chi connectivity index (χ1) is 11.5. The lowest BCUT2D eigenvalue weighted by Crippen LogP contribution is -2.46. The molecule has 5 rings (SSSR count). The second-order valence-corrected chi connectivity index (χ2v) is 7.86. The zero-order valence-corrected chi connectivity index (χ0v) is 14.2. The van der Waals surface area contributed by atoms with Gasteiger partial charge in [-0.2, -0.15) is 0 Å². The van der Waals surface area contributed by atoms with Gasteiger partial charge in [0.15, 0.2) is 0 Å². The van der Waals surface area contributed by atoms with E-state index in [2.05, 4.69) is 27.7 Å². The summed E-state index contributed by atoms with van der Waals surface area (Å²) in [4.78, 5) is 39.2. The first-order valence-corrected chi connectivity index (χ1v) is 8.95. The normalized spacial score (nSPS) is 32.2. The van der Waals surface area contributed by atoms with Crippen LogP contribution >= 0.6 is 11.3 Å². The van der Waals surface area contributed by atoms with Crippen molar-refractivity contribution in [2.24, 2.45) is 23.7 Å². The van der Waals surface area contributed by atoms with Gasteiger partial charge in [0, 0.05) is 0 Å². The van der Waals surface area contributed by atoms with Crippen LogP contribution in [0.2, 0.25) is 0 Å². The summed E-state index contributed by atoms with van der Waals surface area (Å²) in [5.74, 6) is -1.15. The monoisotopic (exact) mass is 346 g/mol. The molecule has 4 aliphatic rings. The summed E-state index contributed by atoms with van der Waals surface area (Å²) >= 11 is 1.26. The number of hydrogen-bond acceptors (Lipinski definition) is 6. The molecule has 2 bridgehead atoms. The maximum absolute atomic E-state index is 12.8. The summed E-state index contributed by atoms with van der Waals surface area (Å²) in [6, 6.07) is -0.848. The lowest BCUT2D eigenvalue weighted by atomic mass is 9.63. The van der Waals surface area contributed by atoms with E-state index in [1.54, 1.807) is 13.8 Å². The summed E-state index contributed by atoms with van der Waals surface area (Å²) in [5.41, 5.74) is 0. The number of amides is 3. The molecule has 3 amide bonds. The van der Waals surface area contributed by atoms with E-state index in [0.717, 1.165) is 22.7 Å². The third-order valence-electron chi connectivity index (χ3n) is 5.32. The van der Waals surface area contributed by atoms with Gasteiger partial charge < -0.3 is 0 Å². The maximum atomic E-state index is 12.8. The SMILES string of the molecule is Cc1nnc(NC(=O)[C@@H](C)N2C(=O)[C@@H]3[C@H](C2=O)[C@H]2C=C[C@H]3CC2)s1. The molecular weight excluding hydrogens is 328 g/mol. The van der Waals surface area contributed by atoms with Crippen molar-refractivity contribution in [1.82, 2.24) is 15.1 Å². The van der Waals surface area contributed by atoms with Crippen molar-refractivity contribution in [3.05, 3.63) is 17.2 Å². The topological polar surface area (TPSA) is 92.3 Å². The predicted molar refractivity (Wildman–Crippen MR) is 86.9 cm³/mol. The molecule has 0 aromatic carbocycles. The highest BCUT2D eigenvalue weighted by molar-refractivity contribution is 7.15. The fourth-order valence-electron chi connectivity index (χ4n) is 4.15. The number of aromatic nitrogens is 2. The van der Waals surface area contributed by atoms with Gasteiger partial charge in [0.2, 0.25) is 22.9 Å². The number of allylic oxidation sites excluding steroid dienone is 2. The van der Waals surface area contributed by atoms with Gasteiger partial charge in [0.25, 0.3) is 0 Å². The Morgan fingerprint density at radius 2 is 1.79 bits per heavy atom. The molecule has 0 spiro atoms. The van der Waals surface area contributed by atoms with E-state index in [0.29, 0.717) is 5.13 Å². The highest BCUT2D eigenvalue weighted by Gasteiger charge is 2.58. The molecule has 5 atom stereocenters. The molecule has 24 heavy (non-hydrogen) atoms. The second-order valence-electron chi connectivity index (χ2n) is 6.68. The van der Waals surface area contributed by atoms with Crippen LogP contribution in [-0.2, 0) is 14.4 Å². The Kier molecular flexibility index (Phi) is 3.52. The van der Waals surface area contributed by atoms with E-state index in [9.17, 15) is 14.4 Å². The van der Waals surface area contributed by atoms with Crippen LogP contribution in [0.3, 0.4) is 0 Å². The predicted octanol–water partition coefficient (Wildman–Crippen LogP) is 1.37. The average molecular weight is 346 g/mol. The first-order valence-electron chi connectivity index (χ1n) is 8.13. The number of nitrogens with zero attached hydrogens (tertiary/aromatic N) is 3. The molecule has 1 aromatic heterocycles. The van der Waals surface area contributed by atoms with Crippen molar-refractivity contribution in [3.8, 4) is 0 Å². The van der Waals surface area contributed by atoms with Crippen LogP contribution < -0.4 is 5.32 Å². The van der Waals surface area contributed by atoms with Gasteiger partial charge in [0.05, 0.1) is 11.8 Å². The number of fused-ring (bicyclic) bond motifs is 1. The zero-order chi connectivity index (χ0) is 17.0. The molecule has 126 valence electrons. The summed E-state index contributed by atoms with van der Waals surface area (Å²) in [7, 11) is 0. The van der Waals surface area contributed by atoms with Crippen LogP contribution in [0.25, 0.3) is 0 Å². The number of carbonyl (C=O) groups excluding carboxylic acids is 3. The number of hydrogen-bond donors (Lipinski definition) is 1. The smallest absolute Gasteiger partial charge is 0.249 e. The third-order valence-corrected chi connectivity index (χ3v) is 6.07. The van der Waals surface area contributed by atoms with Gasteiger partial charge in [-0.1, -0.05) is 23.5 Å². The van der Waals surface area contributed by atoms with Crippen molar-refractivity contribution in [2.75, 3.05) is 5.32 Å². The highest BCUT2D eigenvalue weighted by atomic mass is 32.1. The molecule has 7 nitrogen and oxygen atoms in total. The largest absolute Gasteiger partial charge is 0.299 e. The van der Waals surface area contributed by atoms with E-state index in [1.807, 2.05) is 0 Å². The highest BCUT2D eigenvalue weighted by Crippen LogP contribution is 2.49. The summed E-state index contributed by atoms with van der Waals surface area (Å²) < 4.78 is 0. The van der Waals surface area contributed by atoms with E-state index in [-0.39, 0.29) is 35.5 Å². The number of likely N-dealkylation sites (tertiary alicyclic amines) is 1. The molecule has 2 heterocycles. The lowest BCUT2D eigenvalue weighted by molar-refractivity contribution is -0.146. The van der Waals surface area contributed by atoms with Gasteiger partial charge >= 0.3 is 0 Å².